The highest BCUT2D eigenvalue weighted by atomic mass is 32.2. The van der Waals surface area contributed by atoms with Crippen molar-refractivity contribution in [3.05, 3.63) is 42.5 Å². The summed E-state index contributed by atoms with van der Waals surface area (Å²) in [5.74, 6) is 0.549. The van der Waals surface area contributed by atoms with Gasteiger partial charge in [-0.3, -0.25) is 10.1 Å². The van der Waals surface area contributed by atoms with Crippen LogP contribution in [0.1, 0.15) is 13.8 Å². The lowest BCUT2D eigenvalue weighted by Crippen LogP contribution is -2.17. The molecule has 1 heterocycles. The monoisotopic (exact) mass is 458 g/mol. The number of phenols is 1. The van der Waals surface area contributed by atoms with Crippen molar-refractivity contribution in [2.75, 3.05) is 16.4 Å². The Balaban J connectivity index is 1.87. The maximum Gasteiger partial charge on any atom is 0.417 e. The summed E-state index contributed by atoms with van der Waals surface area (Å²) in [5.41, 5.74) is 0.415. The predicted molar refractivity (Wildman–Crippen MR) is 119 cm³/mol. The number of para-hydroxylation sites is 1. The van der Waals surface area contributed by atoms with Crippen LogP contribution in [0, 0.1) is 0 Å². The maximum absolute atomic E-state index is 12.3. The van der Waals surface area contributed by atoms with Crippen LogP contribution in [-0.2, 0) is 4.79 Å². The highest BCUT2D eigenvalue weighted by Gasteiger charge is 2.14. The quantitative estimate of drug-likeness (QED) is 0.247. The number of phenolic OH excluding ortho intramolecular Hbond substituents is 1. The number of thioether (sulfide) groups is 1. The van der Waals surface area contributed by atoms with Crippen LogP contribution in [0.25, 0.3) is 0 Å². The van der Waals surface area contributed by atoms with E-state index in [0.717, 1.165) is 10.1 Å². The molecule has 31 heavy (non-hydrogen) atoms. The largest absolute Gasteiger partial charge is 0.506 e. The van der Waals surface area contributed by atoms with Crippen LogP contribution in [0.5, 0.6) is 11.5 Å². The molecule has 160 valence electrons. The molecule has 0 radical (unpaired) electrons. The zero-order valence-electron chi connectivity index (χ0n) is 16.5. The Kier molecular flexibility index (Phi) is 7.51. The number of aromatic nitrogens is 2. The van der Waals surface area contributed by atoms with E-state index >= 15 is 0 Å². The number of carbonyl (C=O) groups is 2. The van der Waals surface area contributed by atoms with Crippen LogP contribution in [0.4, 0.5) is 27.0 Å². The van der Waals surface area contributed by atoms with Gasteiger partial charge < -0.3 is 15.2 Å². The minimum absolute atomic E-state index is 0.114. The second-order valence-electron chi connectivity index (χ2n) is 5.88. The van der Waals surface area contributed by atoms with Gasteiger partial charge in [-0.2, -0.15) is 0 Å². The SMILES string of the molecule is CCSc1nnc(/N=N/c2cc(NC(C)=O)c(O)cc2NC(=O)Oc2ccccc2)s1. The van der Waals surface area contributed by atoms with E-state index in [1.165, 1.54) is 42.2 Å². The van der Waals surface area contributed by atoms with Gasteiger partial charge in [0.25, 0.3) is 5.13 Å². The number of anilines is 2. The Labute approximate surface area is 185 Å². The van der Waals surface area contributed by atoms with E-state index in [1.807, 2.05) is 6.92 Å². The zero-order valence-corrected chi connectivity index (χ0v) is 18.2. The third-order valence-electron chi connectivity index (χ3n) is 3.52. The molecule has 12 heteroatoms. The maximum atomic E-state index is 12.3. The summed E-state index contributed by atoms with van der Waals surface area (Å²) >= 11 is 2.80. The van der Waals surface area contributed by atoms with Crippen molar-refractivity contribution in [2.24, 2.45) is 10.2 Å². The molecule has 0 saturated carbocycles. The normalized spacial score (nSPS) is 10.8. The fraction of sp³-hybridized carbons (Fsp3) is 0.158. The molecular formula is C19H18N6O4S2. The fourth-order valence-corrected chi connectivity index (χ4v) is 3.86. The van der Waals surface area contributed by atoms with Gasteiger partial charge in [0, 0.05) is 13.0 Å². The number of hydrogen-bond donors (Lipinski definition) is 3. The number of ether oxygens (including phenoxy) is 1. The van der Waals surface area contributed by atoms with Gasteiger partial charge in [-0.1, -0.05) is 48.2 Å². The number of benzene rings is 2. The first-order valence-electron chi connectivity index (χ1n) is 9.01. The number of amides is 2. The molecule has 0 fully saturated rings. The van der Waals surface area contributed by atoms with Crippen molar-refractivity contribution in [3.8, 4) is 11.5 Å². The van der Waals surface area contributed by atoms with Crippen molar-refractivity contribution in [3.63, 3.8) is 0 Å². The Hall–Kier alpha value is -3.51. The van der Waals surface area contributed by atoms with E-state index in [4.69, 9.17) is 4.74 Å². The second kappa shape index (κ2) is 10.5. The van der Waals surface area contributed by atoms with Crippen molar-refractivity contribution >= 4 is 57.3 Å². The van der Waals surface area contributed by atoms with Gasteiger partial charge in [0.2, 0.25) is 5.91 Å². The lowest BCUT2D eigenvalue weighted by atomic mass is 10.2. The Morgan fingerprint density at radius 1 is 1.13 bits per heavy atom. The molecule has 0 aliphatic carbocycles. The van der Waals surface area contributed by atoms with Crippen LogP contribution < -0.4 is 15.4 Å². The minimum atomic E-state index is -0.785. The summed E-state index contributed by atoms with van der Waals surface area (Å²) < 4.78 is 5.96. The van der Waals surface area contributed by atoms with Gasteiger partial charge in [-0.15, -0.1) is 20.4 Å². The highest BCUT2D eigenvalue weighted by molar-refractivity contribution is 8.01. The molecule has 0 saturated heterocycles. The summed E-state index contributed by atoms with van der Waals surface area (Å²) in [6, 6.07) is 11.1. The van der Waals surface area contributed by atoms with E-state index in [2.05, 4.69) is 31.1 Å². The van der Waals surface area contributed by atoms with Crippen LogP contribution in [0.15, 0.2) is 57.0 Å². The number of aromatic hydroxyl groups is 1. The molecule has 3 rings (SSSR count). The van der Waals surface area contributed by atoms with E-state index in [1.54, 1.807) is 30.3 Å². The summed E-state index contributed by atoms with van der Waals surface area (Å²) in [7, 11) is 0. The smallest absolute Gasteiger partial charge is 0.417 e. The summed E-state index contributed by atoms with van der Waals surface area (Å²) in [6.45, 7) is 3.30. The molecule has 3 N–H and O–H groups in total. The number of rotatable bonds is 7. The fourth-order valence-electron chi connectivity index (χ4n) is 2.30. The second-order valence-corrected chi connectivity index (χ2v) is 8.35. The Morgan fingerprint density at radius 2 is 1.90 bits per heavy atom. The third-order valence-corrected chi connectivity index (χ3v) is 5.35. The first-order chi connectivity index (χ1) is 14.9. The molecule has 0 bridgehead atoms. The third kappa shape index (κ3) is 6.49. The van der Waals surface area contributed by atoms with Crippen LogP contribution in [-0.4, -0.2) is 33.1 Å². The lowest BCUT2D eigenvalue weighted by molar-refractivity contribution is -0.114. The van der Waals surface area contributed by atoms with E-state index in [9.17, 15) is 14.7 Å². The highest BCUT2D eigenvalue weighted by Crippen LogP contribution is 2.37. The van der Waals surface area contributed by atoms with E-state index in [0.29, 0.717) is 10.9 Å². The topological polar surface area (TPSA) is 138 Å². The molecule has 0 unspecified atom stereocenters. The standard InChI is InChI=1S/C19H18N6O4S2/c1-3-30-19-25-24-17(31-19)23-22-14-9-15(20-11(2)26)16(27)10-13(14)21-18(28)29-12-7-5-4-6-8-12/h4-10,27H,3H2,1-2H3,(H,20,26)(H,21,28)/b23-22+. The number of nitrogens with zero attached hydrogens (tertiary/aromatic N) is 4. The van der Waals surface area contributed by atoms with Crippen molar-refractivity contribution in [2.45, 2.75) is 18.2 Å². The van der Waals surface area contributed by atoms with Crippen LogP contribution in [0.3, 0.4) is 0 Å². The molecule has 1 aromatic heterocycles. The van der Waals surface area contributed by atoms with Crippen LogP contribution in [0.2, 0.25) is 0 Å². The molecule has 10 nitrogen and oxygen atoms in total. The first-order valence-corrected chi connectivity index (χ1v) is 10.8. The average molecular weight is 459 g/mol. The van der Waals surface area contributed by atoms with E-state index < -0.39 is 6.09 Å². The molecule has 3 aromatic rings. The van der Waals surface area contributed by atoms with Gasteiger partial charge in [-0.05, 0) is 24.0 Å². The molecule has 2 aromatic carbocycles. The molecule has 0 atom stereocenters. The molecule has 2 amide bonds. The van der Waals surface area contributed by atoms with Crippen molar-refractivity contribution in [1.29, 1.82) is 0 Å². The number of carbonyl (C=O) groups excluding carboxylic acids is 2. The number of hydrogen-bond acceptors (Lipinski definition) is 10. The first kappa shape index (κ1) is 22.2. The Bertz CT molecular complexity index is 1100. The molecule has 0 spiro atoms. The molecule has 0 aliphatic rings. The van der Waals surface area contributed by atoms with Crippen molar-refractivity contribution < 1.29 is 19.4 Å². The van der Waals surface area contributed by atoms with Gasteiger partial charge >= 0.3 is 6.09 Å². The lowest BCUT2D eigenvalue weighted by Gasteiger charge is -2.12. The summed E-state index contributed by atoms with van der Waals surface area (Å²) in [6.07, 6.45) is -0.785. The van der Waals surface area contributed by atoms with Gasteiger partial charge in [0.05, 0.1) is 11.4 Å². The summed E-state index contributed by atoms with van der Waals surface area (Å²) in [5, 5.41) is 31.6. The van der Waals surface area contributed by atoms with Crippen molar-refractivity contribution in [1.82, 2.24) is 10.2 Å². The summed E-state index contributed by atoms with van der Waals surface area (Å²) in [4.78, 5) is 23.7. The van der Waals surface area contributed by atoms with Gasteiger partial charge in [-0.25, -0.2) is 4.79 Å². The van der Waals surface area contributed by atoms with Crippen LogP contribution >= 0.6 is 23.1 Å². The van der Waals surface area contributed by atoms with E-state index in [-0.39, 0.29) is 28.7 Å². The Morgan fingerprint density at radius 3 is 2.61 bits per heavy atom. The zero-order chi connectivity index (χ0) is 22.2. The minimum Gasteiger partial charge on any atom is -0.506 e. The number of azo groups is 1. The van der Waals surface area contributed by atoms with Gasteiger partial charge in [0.15, 0.2) is 4.34 Å². The number of nitrogens with one attached hydrogen (secondary N) is 2. The predicted octanol–water partition coefficient (Wildman–Crippen LogP) is 5.34. The van der Waals surface area contributed by atoms with Gasteiger partial charge in [0.1, 0.15) is 17.2 Å². The average Bonchev–Trinajstić information content (AvgIpc) is 3.17. The molecular weight excluding hydrogens is 440 g/mol. The molecule has 0 aliphatic heterocycles.